The predicted octanol–water partition coefficient (Wildman–Crippen LogP) is 18.1. The van der Waals surface area contributed by atoms with Crippen LogP contribution in [0.1, 0.15) is 319 Å². The minimum absolute atomic E-state index is 0.0612. The van der Waals surface area contributed by atoms with Crippen LogP contribution < -0.4 is 10.6 Å². The summed E-state index contributed by atoms with van der Waals surface area (Å²) >= 11 is 0. The highest BCUT2D eigenvalue weighted by Crippen LogP contribution is 2.31. The van der Waals surface area contributed by atoms with Gasteiger partial charge >= 0.3 is 6.09 Å². The Kier molecular flexibility index (Phi) is 52.0. The maximum Gasteiger partial charge on any atom is 0.407 e. The Bertz CT molecular complexity index is 1230. The lowest BCUT2D eigenvalue weighted by molar-refractivity contribution is -0.128. The quantitative estimate of drug-likeness (QED) is 0.0578. The molecule has 0 aromatic carbocycles. The van der Waals surface area contributed by atoms with E-state index in [0.717, 1.165) is 64.4 Å². The first kappa shape index (κ1) is 72.2. The van der Waals surface area contributed by atoms with E-state index in [-0.39, 0.29) is 35.6 Å². The Labute approximate surface area is 459 Å². The van der Waals surface area contributed by atoms with Crippen molar-refractivity contribution in [1.82, 2.24) is 10.6 Å². The fraction of sp³-hybridized carbons (Fsp3) is 0.953. The second-order valence-electron chi connectivity index (χ2n) is 23.2. The summed E-state index contributed by atoms with van der Waals surface area (Å²) in [5.74, 6) is 0.521. The van der Waals surface area contributed by atoms with Crippen LogP contribution in [0.3, 0.4) is 0 Å². The number of nitrogens with one attached hydrogen (secondary N) is 2. The van der Waals surface area contributed by atoms with Gasteiger partial charge in [-0.15, -0.1) is 0 Å². The van der Waals surface area contributed by atoms with Crippen molar-refractivity contribution in [2.24, 2.45) is 5.92 Å². The van der Waals surface area contributed by atoms with Crippen molar-refractivity contribution in [3.63, 3.8) is 0 Å². The molecule has 2 amide bonds. The molecule has 2 atom stereocenters. The Morgan fingerprint density at radius 2 is 0.892 bits per heavy atom. The van der Waals surface area contributed by atoms with Crippen molar-refractivity contribution in [3.05, 3.63) is 0 Å². The summed E-state index contributed by atoms with van der Waals surface area (Å²) in [4.78, 5) is 36.7. The van der Waals surface area contributed by atoms with Crippen LogP contribution >= 0.6 is 0 Å². The Hall–Kier alpha value is -1.75. The zero-order valence-electron chi connectivity index (χ0n) is 50.6. The highest BCUT2D eigenvalue weighted by atomic mass is 16.6. The van der Waals surface area contributed by atoms with E-state index < -0.39 is 6.09 Å². The molecular weight excluding hydrogens is 925 g/mol. The fourth-order valence-electron chi connectivity index (χ4n) is 10.0. The van der Waals surface area contributed by atoms with Crippen molar-refractivity contribution in [3.8, 4) is 0 Å². The third-order valence-corrected chi connectivity index (χ3v) is 15.3. The number of unbranched alkanes of at least 4 members (excludes halogenated alkanes) is 32. The standard InChI is InChI=1S/C64H126N2O8/c1-9-12-14-16-18-20-22-24-26-28-30-32-34-36-38-43-52-70-56-60(71-53-44-39-37-35-33-31-29-27-25-23-21-19-17-15-13-10-2)57-72-62(69)66-50-42-40-41-46-61(68)65-51-45-48-63(7,8)73-55-49-64(11-3,58(4)5)74-54-47-59(6)67/h58,60H,9-57H2,1-8H3,(H,65,68)(H,66,69)/t60-,64?/m1/s1. The molecule has 0 saturated heterocycles. The van der Waals surface area contributed by atoms with Gasteiger partial charge in [-0.2, -0.15) is 0 Å². The molecule has 0 rings (SSSR count). The van der Waals surface area contributed by atoms with Crippen molar-refractivity contribution >= 4 is 17.8 Å². The highest BCUT2D eigenvalue weighted by molar-refractivity contribution is 5.76. The minimum Gasteiger partial charge on any atom is -0.447 e. The van der Waals surface area contributed by atoms with Gasteiger partial charge in [0.05, 0.1) is 31.0 Å². The maximum atomic E-state index is 12.7. The molecule has 0 aliphatic rings. The number of ether oxygens (including phenoxy) is 5. The van der Waals surface area contributed by atoms with E-state index in [9.17, 15) is 14.4 Å². The second kappa shape index (κ2) is 53.3. The average Bonchev–Trinajstić information content (AvgIpc) is 3.37. The number of ketones is 1. The Balaban J connectivity index is 4.38. The van der Waals surface area contributed by atoms with Crippen LogP contribution in [0, 0.1) is 5.92 Å². The van der Waals surface area contributed by atoms with Crippen LogP contribution in [0.4, 0.5) is 4.79 Å². The predicted molar refractivity (Wildman–Crippen MR) is 313 cm³/mol. The van der Waals surface area contributed by atoms with Gasteiger partial charge < -0.3 is 34.3 Å². The third-order valence-electron chi connectivity index (χ3n) is 15.3. The summed E-state index contributed by atoms with van der Waals surface area (Å²) in [6.45, 7) is 21.0. The topological polar surface area (TPSA) is 121 Å². The van der Waals surface area contributed by atoms with Gasteiger partial charge in [-0.05, 0) is 71.6 Å². The molecule has 0 saturated carbocycles. The Morgan fingerprint density at radius 1 is 0.446 bits per heavy atom. The Morgan fingerprint density at radius 3 is 1.35 bits per heavy atom. The summed E-state index contributed by atoms with van der Waals surface area (Å²) in [5, 5.41) is 5.96. The molecule has 10 nitrogen and oxygen atoms in total. The number of amides is 2. The van der Waals surface area contributed by atoms with Gasteiger partial charge in [-0.3, -0.25) is 9.59 Å². The van der Waals surface area contributed by atoms with E-state index in [1.807, 2.05) is 0 Å². The molecule has 1 unspecified atom stereocenters. The van der Waals surface area contributed by atoms with Crippen molar-refractivity contribution < 1.29 is 38.1 Å². The van der Waals surface area contributed by atoms with E-state index in [0.29, 0.717) is 58.3 Å². The van der Waals surface area contributed by atoms with Crippen LogP contribution in [0.25, 0.3) is 0 Å². The number of hydrogen-bond donors (Lipinski definition) is 2. The smallest absolute Gasteiger partial charge is 0.407 e. The van der Waals surface area contributed by atoms with Gasteiger partial charge in [-0.1, -0.05) is 234 Å². The number of carbonyl (C=O) groups is 3. The molecule has 2 N–H and O–H groups in total. The normalized spacial score (nSPS) is 13.1. The molecule has 0 aliphatic heterocycles. The zero-order chi connectivity index (χ0) is 54.5. The molecule has 0 aromatic heterocycles. The van der Waals surface area contributed by atoms with Crippen LogP contribution in [-0.4, -0.2) is 87.8 Å². The first-order valence-electron chi connectivity index (χ1n) is 32.0. The van der Waals surface area contributed by atoms with Crippen molar-refractivity contribution in [1.29, 1.82) is 0 Å². The molecule has 74 heavy (non-hydrogen) atoms. The number of carbonyl (C=O) groups excluding carboxylic acids is 3. The molecule has 0 radical (unpaired) electrons. The molecule has 0 aliphatic carbocycles. The molecule has 10 heteroatoms. The van der Waals surface area contributed by atoms with Crippen molar-refractivity contribution in [2.75, 3.05) is 52.7 Å². The van der Waals surface area contributed by atoms with E-state index in [2.05, 4.69) is 59.1 Å². The lowest BCUT2D eigenvalue weighted by atomic mass is 9.84. The highest BCUT2D eigenvalue weighted by Gasteiger charge is 2.33. The van der Waals surface area contributed by atoms with Crippen LogP contribution in [0.15, 0.2) is 0 Å². The monoisotopic (exact) mass is 1050 g/mol. The van der Waals surface area contributed by atoms with E-state index in [4.69, 9.17) is 23.7 Å². The number of Topliss-reactive ketones (excluding diaryl/α,β-unsaturated/α-hetero) is 1. The maximum absolute atomic E-state index is 12.7. The molecule has 440 valence electrons. The lowest BCUT2D eigenvalue weighted by Crippen LogP contribution is -2.40. The summed E-state index contributed by atoms with van der Waals surface area (Å²) < 4.78 is 30.5. The van der Waals surface area contributed by atoms with Gasteiger partial charge in [0.25, 0.3) is 0 Å². The largest absolute Gasteiger partial charge is 0.447 e. The van der Waals surface area contributed by atoms with Gasteiger partial charge in [0.15, 0.2) is 0 Å². The van der Waals surface area contributed by atoms with Gasteiger partial charge in [0, 0.05) is 45.6 Å². The molecule has 0 heterocycles. The second-order valence-corrected chi connectivity index (χ2v) is 23.2. The minimum atomic E-state index is -0.425. The van der Waals surface area contributed by atoms with Gasteiger partial charge in [-0.25, -0.2) is 4.79 Å². The molecular formula is C64H126N2O8. The number of alkyl carbamates (subject to hydrolysis) is 1. The molecule has 0 fully saturated rings. The summed E-state index contributed by atoms with van der Waals surface area (Å²) in [5.41, 5.74) is -0.616. The van der Waals surface area contributed by atoms with Crippen LogP contribution in [0.5, 0.6) is 0 Å². The third kappa shape index (κ3) is 48.6. The number of rotatable bonds is 59. The fourth-order valence-corrected chi connectivity index (χ4v) is 10.0. The molecule has 0 aromatic rings. The first-order valence-corrected chi connectivity index (χ1v) is 32.0. The average molecular weight is 1050 g/mol. The first-order chi connectivity index (χ1) is 35.9. The van der Waals surface area contributed by atoms with E-state index in [1.165, 1.54) is 193 Å². The molecule has 0 spiro atoms. The van der Waals surface area contributed by atoms with Crippen LogP contribution in [0.2, 0.25) is 0 Å². The lowest BCUT2D eigenvalue weighted by Gasteiger charge is -2.38. The summed E-state index contributed by atoms with van der Waals surface area (Å²) in [7, 11) is 0. The van der Waals surface area contributed by atoms with E-state index in [1.54, 1.807) is 6.92 Å². The van der Waals surface area contributed by atoms with Crippen molar-refractivity contribution in [2.45, 2.75) is 336 Å². The zero-order valence-corrected chi connectivity index (χ0v) is 50.6. The van der Waals surface area contributed by atoms with E-state index >= 15 is 0 Å². The summed E-state index contributed by atoms with van der Waals surface area (Å²) in [6, 6.07) is 0. The SMILES string of the molecule is CCCCCCCCCCCCCCCCCCOC[C@H](COC(=O)NCCCCCC(=O)NCCCC(C)(C)OCCC(CC)(OCCC(C)=O)C(C)C)OCCCCCCCCCCCCCCCCCC. The molecule has 0 bridgehead atoms. The van der Waals surface area contributed by atoms with Crippen LogP contribution in [-0.2, 0) is 33.3 Å². The number of hydrogen-bond acceptors (Lipinski definition) is 8. The van der Waals surface area contributed by atoms with Gasteiger partial charge in [0.1, 0.15) is 18.5 Å². The van der Waals surface area contributed by atoms with Gasteiger partial charge in [0.2, 0.25) is 5.91 Å². The summed E-state index contributed by atoms with van der Waals surface area (Å²) in [6.07, 6.45) is 49.0.